The Balaban J connectivity index is 1.66. The van der Waals surface area contributed by atoms with Crippen molar-refractivity contribution in [2.75, 3.05) is 23.3 Å². The Kier molecular flexibility index (Phi) is 5.41. The number of carbonyl (C=O) groups is 1. The minimum absolute atomic E-state index is 0.0244. The fraction of sp³-hybridized carbons (Fsp3) is 0.444. The second-order valence-electron chi connectivity index (χ2n) is 6.29. The van der Waals surface area contributed by atoms with Crippen LogP contribution in [-0.2, 0) is 11.3 Å². The first-order valence-electron chi connectivity index (χ1n) is 8.45. The van der Waals surface area contributed by atoms with E-state index in [1.54, 1.807) is 10.9 Å². The van der Waals surface area contributed by atoms with Gasteiger partial charge < -0.3 is 10.2 Å². The minimum atomic E-state index is -0.0244. The molecule has 0 spiro atoms. The summed E-state index contributed by atoms with van der Waals surface area (Å²) in [6.07, 6.45) is 7.76. The normalized spacial score (nSPS) is 14.7. The summed E-state index contributed by atoms with van der Waals surface area (Å²) in [6, 6.07) is 5.72. The van der Waals surface area contributed by atoms with Gasteiger partial charge in [-0.25, -0.2) is 0 Å². The van der Waals surface area contributed by atoms with Crippen LogP contribution < -0.4 is 10.2 Å². The highest BCUT2D eigenvalue weighted by atomic mass is 35.5. The molecule has 0 bridgehead atoms. The lowest BCUT2D eigenvalue weighted by molar-refractivity contribution is -0.116. The van der Waals surface area contributed by atoms with E-state index in [1.165, 1.54) is 19.3 Å². The molecular formula is C18H23ClN4O. The number of anilines is 2. The second kappa shape index (κ2) is 7.71. The third-order valence-corrected chi connectivity index (χ3v) is 4.49. The maximum atomic E-state index is 12.3. The van der Waals surface area contributed by atoms with E-state index in [2.05, 4.69) is 15.3 Å². The number of amides is 1. The summed E-state index contributed by atoms with van der Waals surface area (Å²) < 4.78 is 1.79. The van der Waals surface area contributed by atoms with Crippen molar-refractivity contribution in [3.05, 3.63) is 41.2 Å². The lowest BCUT2D eigenvalue weighted by Gasteiger charge is -2.30. The van der Waals surface area contributed by atoms with Crippen LogP contribution in [0.5, 0.6) is 0 Å². The molecule has 128 valence electrons. The number of carbonyl (C=O) groups excluding carboxylic acids is 1. The van der Waals surface area contributed by atoms with Crippen LogP contribution in [0.15, 0.2) is 30.6 Å². The third kappa shape index (κ3) is 4.29. The lowest BCUT2D eigenvalue weighted by Crippen LogP contribution is -2.30. The molecule has 1 N–H and O–H groups in total. The van der Waals surface area contributed by atoms with Gasteiger partial charge in [-0.05, 0) is 49.9 Å². The Labute approximate surface area is 147 Å². The van der Waals surface area contributed by atoms with E-state index >= 15 is 0 Å². The van der Waals surface area contributed by atoms with Gasteiger partial charge in [-0.15, -0.1) is 0 Å². The molecule has 1 saturated heterocycles. The molecular weight excluding hydrogens is 324 g/mol. The fourth-order valence-corrected chi connectivity index (χ4v) is 3.21. The van der Waals surface area contributed by atoms with Crippen molar-refractivity contribution in [2.24, 2.45) is 0 Å². The minimum Gasteiger partial charge on any atom is -0.370 e. The first-order chi connectivity index (χ1) is 11.6. The van der Waals surface area contributed by atoms with Gasteiger partial charge in [0.25, 0.3) is 0 Å². The van der Waals surface area contributed by atoms with E-state index in [-0.39, 0.29) is 5.91 Å². The van der Waals surface area contributed by atoms with Gasteiger partial charge >= 0.3 is 0 Å². The summed E-state index contributed by atoms with van der Waals surface area (Å²) in [6.45, 7) is 4.61. The number of benzene rings is 1. The summed E-state index contributed by atoms with van der Waals surface area (Å²) in [5.74, 6) is -0.0244. The molecule has 2 heterocycles. The van der Waals surface area contributed by atoms with Crippen LogP contribution >= 0.6 is 11.6 Å². The smallest absolute Gasteiger partial charge is 0.226 e. The van der Waals surface area contributed by atoms with E-state index in [4.69, 9.17) is 11.6 Å². The van der Waals surface area contributed by atoms with Crippen molar-refractivity contribution in [3.63, 3.8) is 0 Å². The molecule has 0 saturated carbocycles. The van der Waals surface area contributed by atoms with Gasteiger partial charge in [0.15, 0.2) is 0 Å². The van der Waals surface area contributed by atoms with Crippen molar-refractivity contribution in [1.82, 2.24) is 9.78 Å². The highest BCUT2D eigenvalue weighted by molar-refractivity contribution is 6.31. The zero-order chi connectivity index (χ0) is 16.9. The largest absolute Gasteiger partial charge is 0.370 e. The molecule has 1 aromatic carbocycles. The fourth-order valence-electron chi connectivity index (χ4n) is 3.04. The number of hydrogen-bond acceptors (Lipinski definition) is 3. The van der Waals surface area contributed by atoms with Crippen molar-refractivity contribution in [3.8, 4) is 0 Å². The molecule has 1 fully saturated rings. The molecule has 0 unspecified atom stereocenters. The van der Waals surface area contributed by atoms with Crippen LogP contribution in [0.25, 0.3) is 0 Å². The van der Waals surface area contributed by atoms with Crippen LogP contribution in [-0.4, -0.2) is 28.8 Å². The maximum absolute atomic E-state index is 12.3. The maximum Gasteiger partial charge on any atom is 0.226 e. The van der Waals surface area contributed by atoms with Crippen LogP contribution in [0.3, 0.4) is 0 Å². The van der Waals surface area contributed by atoms with Gasteiger partial charge in [-0.1, -0.05) is 11.6 Å². The van der Waals surface area contributed by atoms with E-state index in [0.717, 1.165) is 30.0 Å². The topological polar surface area (TPSA) is 50.2 Å². The number of halogens is 1. The third-order valence-electron chi connectivity index (χ3n) is 4.26. The molecule has 0 aliphatic carbocycles. The van der Waals surface area contributed by atoms with E-state index in [9.17, 15) is 4.79 Å². The number of hydrogen-bond donors (Lipinski definition) is 1. The Hall–Kier alpha value is -2.01. The SMILES string of the molecule is Cc1cnn(CCC(=O)Nc2cc(Cl)ccc2N2CCCCC2)c1. The van der Waals surface area contributed by atoms with E-state index < -0.39 is 0 Å². The van der Waals surface area contributed by atoms with Gasteiger partial charge in [0.2, 0.25) is 5.91 Å². The number of nitrogens with one attached hydrogen (secondary N) is 1. The summed E-state index contributed by atoms with van der Waals surface area (Å²) in [7, 11) is 0. The number of rotatable bonds is 5. The summed E-state index contributed by atoms with van der Waals surface area (Å²) in [5.41, 5.74) is 2.95. The summed E-state index contributed by atoms with van der Waals surface area (Å²) in [4.78, 5) is 14.7. The van der Waals surface area contributed by atoms with Crippen LogP contribution in [0.4, 0.5) is 11.4 Å². The van der Waals surface area contributed by atoms with Gasteiger partial charge in [0.1, 0.15) is 0 Å². The van der Waals surface area contributed by atoms with Crippen molar-refractivity contribution >= 4 is 28.9 Å². The quantitative estimate of drug-likeness (QED) is 0.894. The molecule has 1 amide bonds. The molecule has 6 heteroatoms. The monoisotopic (exact) mass is 346 g/mol. The van der Waals surface area contributed by atoms with Crippen molar-refractivity contribution in [1.29, 1.82) is 0 Å². The molecule has 1 aliphatic rings. The molecule has 0 radical (unpaired) electrons. The molecule has 3 rings (SSSR count). The van der Waals surface area contributed by atoms with Gasteiger partial charge in [-0.2, -0.15) is 5.10 Å². The summed E-state index contributed by atoms with van der Waals surface area (Å²) >= 11 is 6.13. The van der Waals surface area contributed by atoms with Crippen LogP contribution in [0.1, 0.15) is 31.2 Å². The predicted molar refractivity (Wildman–Crippen MR) is 97.7 cm³/mol. The van der Waals surface area contributed by atoms with Crippen molar-refractivity contribution in [2.45, 2.75) is 39.2 Å². The average Bonchev–Trinajstić information content (AvgIpc) is 2.99. The Morgan fingerprint density at radius 1 is 1.29 bits per heavy atom. The highest BCUT2D eigenvalue weighted by Gasteiger charge is 2.16. The molecule has 1 aromatic heterocycles. The first kappa shape index (κ1) is 16.8. The van der Waals surface area contributed by atoms with Gasteiger partial charge in [0.05, 0.1) is 17.6 Å². The highest BCUT2D eigenvalue weighted by Crippen LogP contribution is 2.31. The standard InChI is InChI=1S/C18H23ClN4O/c1-14-12-20-23(13-14)10-7-18(24)21-16-11-15(19)5-6-17(16)22-8-3-2-4-9-22/h5-6,11-13H,2-4,7-10H2,1H3,(H,21,24). The molecule has 5 nitrogen and oxygen atoms in total. The summed E-state index contributed by atoms with van der Waals surface area (Å²) in [5, 5.41) is 7.86. The molecule has 1 aliphatic heterocycles. The van der Waals surface area contributed by atoms with Crippen molar-refractivity contribution < 1.29 is 4.79 Å². The Morgan fingerprint density at radius 2 is 2.08 bits per heavy atom. The van der Waals surface area contributed by atoms with Gasteiger partial charge in [0, 0.05) is 37.3 Å². The molecule has 2 aromatic rings. The number of nitrogens with zero attached hydrogens (tertiary/aromatic N) is 3. The molecule has 24 heavy (non-hydrogen) atoms. The zero-order valence-corrected chi connectivity index (χ0v) is 14.7. The van der Waals surface area contributed by atoms with Crippen LogP contribution in [0, 0.1) is 6.92 Å². The number of piperidine rings is 1. The predicted octanol–water partition coefficient (Wildman–Crippen LogP) is 3.86. The van der Waals surface area contributed by atoms with E-state index in [0.29, 0.717) is 18.0 Å². The number of aryl methyl sites for hydroxylation is 2. The number of aromatic nitrogens is 2. The Bertz CT molecular complexity index is 707. The van der Waals surface area contributed by atoms with Crippen LogP contribution in [0.2, 0.25) is 5.02 Å². The second-order valence-corrected chi connectivity index (χ2v) is 6.72. The van der Waals surface area contributed by atoms with Gasteiger partial charge in [-0.3, -0.25) is 9.48 Å². The molecule has 0 atom stereocenters. The van der Waals surface area contributed by atoms with E-state index in [1.807, 2.05) is 31.3 Å². The Morgan fingerprint density at radius 3 is 2.79 bits per heavy atom. The lowest BCUT2D eigenvalue weighted by atomic mass is 10.1. The average molecular weight is 347 g/mol. The first-order valence-corrected chi connectivity index (χ1v) is 8.83. The zero-order valence-electron chi connectivity index (χ0n) is 14.0.